The molecule has 2 aromatic rings. The fraction of sp³-hybridized carbons (Fsp3) is 0.458. The molecule has 0 aromatic heterocycles. The van der Waals surface area contributed by atoms with E-state index in [9.17, 15) is 4.79 Å². The van der Waals surface area contributed by atoms with Crippen molar-refractivity contribution in [3.05, 3.63) is 59.2 Å². The van der Waals surface area contributed by atoms with Crippen molar-refractivity contribution in [3.63, 3.8) is 0 Å². The van der Waals surface area contributed by atoms with Gasteiger partial charge in [0.2, 0.25) is 5.91 Å². The van der Waals surface area contributed by atoms with E-state index >= 15 is 0 Å². The quantitative estimate of drug-likeness (QED) is 0.756. The van der Waals surface area contributed by atoms with Gasteiger partial charge >= 0.3 is 0 Å². The highest BCUT2D eigenvalue weighted by Gasteiger charge is 2.39. The standard InChI is InChI=1S/C24H30N2O3/c1-16(25-24(27)18-9-10-18)23-20-14-22(29-3)21(28-2)13-19(20)11-12-26(23)15-17-7-5-4-6-8-17/h4-8,13-14,16,18,23H,9-12,15H2,1-3H3,(H,25,27)/p+1/t16-,23+/m0/s1. The lowest BCUT2D eigenvalue weighted by Crippen LogP contribution is -3.13. The first-order valence-corrected chi connectivity index (χ1v) is 10.5. The Bertz CT molecular complexity index is 864. The van der Waals surface area contributed by atoms with E-state index in [0.717, 1.165) is 43.9 Å². The monoisotopic (exact) mass is 395 g/mol. The third-order valence-electron chi connectivity index (χ3n) is 6.23. The molecule has 0 radical (unpaired) electrons. The molecule has 1 unspecified atom stereocenters. The highest BCUT2D eigenvalue weighted by Crippen LogP contribution is 2.35. The van der Waals surface area contributed by atoms with E-state index in [1.165, 1.54) is 21.6 Å². The number of rotatable bonds is 7. The van der Waals surface area contributed by atoms with Crippen molar-refractivity contribution < 1.29 is 19.2 Å². The van der Waals surface area contributed by atoms with Gasteiger partial charge in [0.1, 0.15) is 12.6 Å². The topological polar surface area (TPSA) is 52.0 Å². The summed E-state index contributed by atoms with van der Waals surface area (Å²) in [6.07, 6.45) is 3.02. The average molecular weight is 396 g/mol. The van der Waals surface area contributed by atoms with Crippen LogP contribution in [-0.2, 0) is 17.8 Å². The van der Waals surface area contributed by atoms with Gasteiger partial charge in [-0.2, -0.15) is 0 Å². The molecule has 3 atom stereocenters. The van der Waals surface area contributed by atoms with Crippen molar-refractivity contribution >= 4 is 5.91 Å². The smallest absolute Gasteiger partial charge is 0.223 e. The van der Waals surface area contributed by atoms with Crippen LogP contribution in [-0.4, -0.2) is 32.7 Å². The van der Waals surface area contributed by atoms with Gasteiger partial charge in [0.15, 0.2) is 11.5 Å². The zero-order valence-corrected chi connectivity index (χ0v) is 17.5. The van der Waals surface area contributed by atoms with Crippen molar-refractivity contribution in [2.24, 2.45) is 5.92 Å². The van der Waals surface area contributed by atoms with Crippen LogP contribution in [0.4, 0.5) is 0 Å². The van der Waals surface area contributed by atoms with Gasteiger partial charge in [0.05, 0.1) is 26.8 Å². The minimum atomic E-state index is 0.0407. The number of carbonyl (C=O) groups is 1. The summed E-state index contributed by atoms with van der Waals surface area (Å²) in [5, 5.41) is 3.30. The van der Waals surface area contributed by atoms with E-state index in [2.05, 4.69) is 54.7 Å². The Labute approximate surface area is 173 Å². The summed E-state index contributed by atoms with van der Waals surface area (Å²) in [6.45, 7) is 4.09. The highest BCUT2D eigenvalue weighted by atomic mass is 16.5. The van der Waals surface area contributed by atoms with E-state index < -0.39 is 0 Å². The van der Waals surface area contributed by atoms with Gasteiger partial charge in [-0.3, -0.25) is 4.79 Å². The number of fused-ring (bicyclic) bond motifs is 1. The van der Waals surface area contributed by atoms with E-state index in [1.54, 1.807) is 14.2 Å². The summed E-state index contributed by atoms with van der Waals surface area (Å²) in [4.78, 5) is 14.0. The number of nitrogens with one attached hydrogen (secondary N) is 2. The molecule has 1 saturated carbocycles. The number of benzene rings is 2. The molecule has 1 amide bonds. The minimum absolute atomic E-state index is 0.0407. The van der Waals surface area contributed by atoms with Crippen LogP contribution in [0.25, 0.3) is 0 Å². The largest absolute Gasteiger partial charge is 0.493 e. The number of methoxy groups -OCH3 is 2. The maximum Gasteiger partial charge on any atom is 0.223 e. The fourth-order valence-electron chi connectivity index (χ4n) is 4.56. The Kier molecular flexibility index (Phi) is 5.76. The summed E-state index contributed by atoms with van der Waals surface area (Å²) < 4.78 is 11.1. The lowest BCUT2D eigenvalue weighted by atomic mass is 9.87. The lowest BCUT2D eigenvalue weighted by Gasteiger charge is -2.38. The lowest BCUT2D eigenvalue weighted by molar-refractivity contribution is -0.948. The number of quaternary nitrogens is 1. The highest BCUT2D eigenvalue weighted by molar-refractivity contribution is 5.81. The molecule has 1 fully saturated rings. The molecule has 154 valence electrons. The zero-order valence-electron chi connectivity index (χ0n) is 17.5. The Morgan fingerprint density at radius 2 is 1.83 bits per heavy atom. The molecule has 0 saturated heterocycles. The molecule has 1 aliphatic carbocycles. The van der Waals surface area contributed by atoms with Crippen molar-refractivity contribution in [2.75, 3.05) is 20.8 Å². The summed E-state index contributed by atoms with van der Waals surface area (Å²) in [5.74, 6) is 1.93. The van der Waals surface area contributed by atoms with Crippen molar-refractivity contribution in [2.45, 2.75) is 44.8 Å². The van der Waals surface area contributed by atoms with Gasteiger partial charge in [-0.25, -0.2) is 0 Å². The Balaban J connectivity index is 1.67. The zero-order chi connectivity index (χ0) is 20.4. The van der Waals surface area contributed by atoms with Gasteiger partial charge < -0.3 is 19.7 Å². The van der Waals surface area contributed by atoms with Crippen molar-refractivity contribution in [1.29, 1.82) is 0 Å². The van der Waals surface area contributed by atoms with Gasteiger partial charge in [-0.15, -0.1) is 0 Å². The number of ether oxygens (including phenoxy) is 2. The molecule has 2 N–H and O–H groups in total. The first-order valence-electron chi connectivity index (χ1n) is 10.5. The summed E-state index contributed by atoms with van der Waals surface area (Å²) in [5.41, 5.74) is 3.86. The molecule has 2 aliphatic rings. The Hall–Kier alpha value is -2.53. The molecule has 0 bridgehead atoms. The summed E-state index contributed by atoms with van der Waals surface area (Å²) in [6, 6.07) is 15.0. The van der Waals surface area contributed by atoms with E-state index in [0.29, 0.717) is 0 Å². The van der Waals surface area contributed by atoms with Crippen LogP contribution in [0.2, 0.25) is 0 Å². The molecule has 5 heteroatoms. The number of hydrogen-bond acceptors (Lipinski definition) is 3. The molecule has 2 aromatic carbocycles. The maximum absolute atomic E-state index is 12.5. The third kappa shape index (κ3) is 4.25. The fourth-order valence-corrected chi connectivity index (χ4v) is 4.56. The predicted octanol–water partition coefficient (Wildman–Crippen LogP) is 2.30. The second kappa shape index (κ2) is 8.46. The molecular formula is C24H31N2O3+. The predicted molar refractivity (Wildman–Crippen MR) is 112 cm³/mol. The van der Waals surface area contributed by atoms with Gasteiger partial charge in [-0.1, -0.05) is 30.3 Å². The number of amides is 1. The van der Waals surface area contributed by atoms with Crippen LogP contribution in [0, 0.1) is 5.92 Å². The average Bonchev–Trinajstić information content (AvgIpc) is 3.58. The van der Waals surface area contributed by atoms with E-state index in [1.807, 2.05) is 0 Å². The molecule has 5 nitrogen and oxygen atoms in total. The molecule has 4 rings (SSSR count). The third-order valence-corrected chi connectivity index (χ3v) is 6.23. The summed E-state index contributed by atoms with van der Waals surface area (Å²) >= 11 is 0. The normalized spacial score (nSPS) is 21.8. The van der Waals surface area contributed by atoms with Gasteiger partial charge in [0.25, 0.3) is 0 Å². The maximum atomic E-state index is 12.5. The van der Waals surface area contributed by atoms with Crippen molar-refractivity contribution in [3.8, 4) is 11.5 Å². The van der Waals surface area contributed by atoms with Crippen molar-refractivity contribution in [1.82, 2.24) is 5.32 Å². The second-order valence-electron chi connectivity index (χ2n) is 8.28. The van der Waals surface area contributed by atoms with Crippen LogP contribution in [0.1, 0.15) is 42.5 Å². The molecule has 0 spiro atoms. The van der Waals surface area contributed by atoms with Crippen LogP contribution < -0.4 is 19.7 Å². The number of carbonyl (C=O) groups excluding carboxylic acids is 1. The van der Waals surface area contributed by atoms with Crippen LogP contribution in [0.5, 0.6) is 11.5 Å². The molecule has 1 aliphatic heterocycles. The van der Waals surface area contributed by atoms with Gasteiger partial charge in [0, 0.05) is 23.5 Å². The Morgan fingerprint density at radius 1 is 1.14 bits per heavy atom. The first-order chi connectivity index (χ1) is 14.1. The SMILES string of the molecule is COc1cc2c(cc1OC)[C@@H]([C@H](C)NC(=O)C1CC1)[NH+](Cc1ccccc1)CC2. The Morgan fingerprint density at radius 3 is 2.48 bits per heavy atom. The summed E-state index contributed by atoms with van der Waals surface area (Å²) in [7, 11) is 3.35. The van der Waals surface area contributed by atoms with E-state index in [-0.39, 0.29) is 23.9 Å². The second-order valence-corrected chi connectivity index (χ2v) is 8.28. The molecule has 29 heavy (non-hydrogen) atoms. The number of hydrogen-bond donors (Lipinski definition) is 2. The van der Waals surface area contributed by atoms with E-state index in [4.69, 9.17) is 9.47 Å². The molecule has 1 heterocycles. The van der Waals surface area contributed by atoms with Gasteiger partial charge in [-0.05, 0) is 37.5 Å². The van der Waals surface area contributed by atoms with Crippen LogP contribution >= 0.6 is 0 Å². The first kappa shape index (κ1) is 19.8. The molecular weight excluding hydrogens is 364 g/mol. The van der Waals surface area contributed by atoms with Crippen LogP contribution in [0.3, 0.4) is 0 Å². The van der Waals surface area contributed by atoms with Crippen LogP contribution in [0.15, 0.2) is 42.5 Å². The minimum Gasteiger partial charge on any atom is -0.493 e.